The van der Waals surface area contributed by atoms with Crippen LogP contribution in [0.3, 0.4) is 0 Å². The summed E-state index contributed by atoms with van der Waals surface area (Å²) in [6.07, 6.45) is 8.45. The molecule has 2 rings (SSSR count). The molecule has 0 amide bonds. The van der Waals surface area contributed by atoms with Gasteiger partial charge in [0.25, 0.3) is 0 Å². The van der Waals surface area contributed by atoms with Gasteiger partial charge < -0.3 is 14.7 Å². The van der Waals surface area contributed by atoms with Gasteiger partial charge in [-0.1, -0.05) is 26.2 Å². The van der Waals surface area contributed by atoms with Crippen molar-refractivity contribution in [2.24, 2.45) is 11.8 Å². The van der Waals surface area contributed by atoms with E-state index < -0.39 is 0 Å². The molecule has 0 radical (unpaired) electrons. The van der Waals surface area contributed by atoms with Crippen molar-refractivity contribution in [3.63, 3.8) is 0 Å². The van der Waals surface area contributed by atoms with Gasteiger partial charge in [0.2, 0.25) is 0 Å². The fraction of sp³-hybridized carbons (Fsp3) is 0.769. The van der Waals surface area contributed by atoms with Crippen molar-refractivity contribution in [1.29, 1.82) is 0 Å². The van der Waals surface area contributed by atoms with Crippen molar-refractivity contribution in [3.05, 3.63) is 16.7 Å². The van der Waals surface area contributed by atoms with Crippen molar-refractivity contribution in [2.45, 2.75) is 52.2 Å². The van der Waals surface area contributed by atoms with Crippen LogP contribution in [-0.4, -0.2) is 14.7 Å². The molecule has 96 valence electrons. The number of rotatable bonds is 4. The van der Waals surface area contributed by atoms with E-state index in [4.69, 9.17) is 12.2 Å². The van der Waals surface area contributed by atoms with Crippen molar-refractivity contribution in [2.75, 3.05) is 0 Å². The number of nitrogens with zero attached hydrogens (tertiary/aromatic N) is 1. The van der Waals surface area contributed by atoms with E-state index in [1.54, 1.807) is 0 Å². The summed E-state index contributed by atoms with van der Waals surface area (Å²) < 4.78 is 2.80. The topological polar surface area (TPSA) is 41.0 Å². The van der Waals surface area contributed by atoms with E-state index in [-0.39, 0.29) is 6.61 Å². The Labute approximate surface area is 108 Å². The highest BCUT2D eigenvalue weighted by molar-refractivity contribution is 7.71. The summed E-state index contributed by atoms with van der Waals surface area (Å²) in [5, 5.41) is 9.25. The van der Waals surface area contributed by atoms with Crippen molar-refractivity contribution < 1.29 is 5.11 Å². The van der Waals surface area contributed by atoms with Gasteiger partial charge in [0.05, 0.1) is 12.3 Å². The first-order valence-corrected chi connectivity index (χ1v) is 7.03. The maximum Gasteiger partial charge on any atom is 0.177 e. The Morgan fingerprint density at radius 2 is 2.00 bits per heavy atom. The van der Waals surface area contributed by atoms with Crippen molar-refractivity contribution in [1.82, 2.24) is 9.55 Å². The zero-order chi connectivity index (χ0) is 12.3. The van der Waals surface area contributed by atoms with Crippen LogP contribution in [0.1, 0.15) is 44.7 Å². The van der Waals surface area contributed by atoms with Gasteiger partial charge in [-0.2, -0.15) is 0 Å². The fourth-order valence-electron chi connectivity index (χ4n) is 2.84. The molecule has 1 saturated carbocycles. The Morgan fingerprint density at radius 1 is 1.35 bits per heavy atom. The van der Waals surface area contributed by atoms with E-state index in [2.05, 4.69) is 16.5 Å². The molecular weight excluding hydrogens is 232 g/mol. The molecule has 0 spiro atoms. The lowest BCUT2D eigenvalue weighted by Gasteiger charge is -2.28. The van der Waals surface area contributed by atoms with E-state index in [1.165, 1.54) is 32.1 Å². The highest BCUT2D eigenvalue weighted by atomic mass is 32.1. The van der Waals surface area contributed by atoms with Gasteiger partial charge in [-0.15, -0.1) is 0 Å². The summed E-state index contributed by atoms with van der Waals surface area (Å²) in [6, 6.07) is 0. The maximum atomic E-state index is 9.25. The predicted octanol–water partition coefficient (Wildman–Crippen LogP) is 3.25. The number of imidazole rings is 1. The normalized spacial score (nSPS) is 25.1. The lowest BCUT2D eigenvalue weighted by molar-refractivity contribution is 0.233. The van der Waals surface area contributed by atoms with E-state index >= 15 is 0 Å². The Morgan fingerprint density at radius 3 is 2.59 bits per heavy atom. The summed E-state index contributed by atoms with van der Waals surface area (Å²) in [4.78, 5) is 3.02. The van der Waals surface area contributed by atoms with Crippen LogP contribution in [0.25, 0.3) is 0 Å². The van der Waals surface area contributed by atoms with Crippen LogP contribution in [0.15, 0.2) is 6.20 Å². The second kappa shape index (κ2) is 5.83. The van der Waals surface area contributed by atoms with Gasteiger partial charge in [0, 0.05) is 12.7 Å². The summed E-state index contributed by atoms with van der Waals surface area (Å²) in [7, 11) is 0. The molecule has 1 aromatic rings. The molecule has 4 heteroatoms. The smallest absolute Gasteiger partial charge is 0.177 e. The number of aromatic nitrogens is 2. The number of aromatic amines is 1. The molecule has 0 aromatic carbocycles. The first-order chi connectivity index (χ1) is 8.24. The van der Waals surface area contributed by atoms with Gasteiger partial charge in [-0.3, -0.25) is 0 Å². The van der Waals surface area contributed by atoms with Gasteiger partial charge in [-0.05, 0) is 36.9 Å². The molecule has 0 aliphatic heterocycles. The van der Waals surface area contributed by atoms with Gasteiger partial charge >= 0.3 is 0 Å². The number of aliphatic hydroxyl groups is 1. The second-order valence-corrected chi connectivity index (χ2v) is 5.54. The molecule has 1 heterocycles. The molecule has 0 saturated heterocycles. The zero-order valence-electron chi connectivity index (χ0n) is 10.5. The molecule has 1 fully saturated rings. The highest BCUT2D eigenvalue weighted by Crippen LogP contribution is 2.31. The standard InChI is InChI=1S/C13H22N2OS/c1-2-10-3-5-11(6-4-10)8-15-12(9-16)7-14-13(15)17/h7,10-11,16H,2-6,8-9H2,1H3,(H,14,17). The number of hydrogen-bond acceptors (Lipinski definition) is 2. The minimum atomic E-state index is 0.0669. The minimum Gasteiger partial charge on any atom is -0.390 e. The molecule has 3 nitrogen and oxygen atoms in total. The minimum absolute atomic E-state index is 0.0669. The molecule has 2 N–H and O–H groups in total. The Hall–Kier alpha value is -0.610. The molecule has 1 aliphatic carbocycles. The quantitative estimate of drug-likeness (QED) is 0.810. The van der Waals surface area contributed by atoms with Crippen LogP contribution in [0, 0.1) is 16.6 Å². The number of nitrogens with one attached hydrogen (secondary N) is 1. The molecule has 0 bridgehead atoms. The third-order valence-corrected chi connectivity index (χ3v) is 4.44. The van der Waals surface area contributed by atoms with Gasteiger partial charge in [0.15, 0.2) is 4.77 Å². The Bertz CT molecular complexity index is 402. The van der Waals surface area contributed by atoms with Crippen molar-refractivity contribution >= 4 is 12.2 Å². The Kier molecular flexibility index (Phi) is 4.40. The molecular formula is C13H22N2OS. The van der Waals surface area contributed by atoms with Crippen LogP contribution in [0.4, 0.5) is 0 Å². The maximum absolute atomic E-state index is 9.25. The predicted molar refractivity (Wildman–Crippen MR) is 71.3 cm³/mol. The Balaban J connectivity index is 1.97. The number of aliphatic hydroxyl groups excluding tert-OH is 1. The fourth-order valence-corrected chi connectivity index (χ4v) is 3.09. The molecule has 17 heavy (non-hydrogen) atoms. The summed E-state index contributed by atoms with van der Waals surface area (Å²) in [6.45, 7) is 3.32. The third-order valence-electron chi connectivity index (χ3n) is 4.10. The first kappa shape index (κ1) is 12.8. The molecule has 0 unspecified atom stereocenters. The average molecular weight is 254 g/mol. The number of hydrogen-bond donors (Lipinski definition) is 2. The van der Waals surface area contributed by atoms with Crippen LogP contribution in [0.5, 0.6) is 0 Å². The second-order valence-electron chi connectivity index (χ2n) is 5.15. The van der Waals surface area contributed by atoms with E-state index in [1.807, 2.05) is 6.20 Å². The summed E-state index contributed by atoms with van der Waals surface area (Å²) in [5.41, 5.74) is 0.910. The van der Waals surface area contributed by atoms with E-state index in [9.17, 15) is 5.11 Å². The largest absolute Gasteiger partial charge is 0.390 e. The highest BCUT2D eigenvalue weighted by Gasteiger charge is 2.21. The van der Waals surface area contributed by atoms with Crippen LogP contribution in [0.2, 0.25) is 0 Å². The lowest BCUT2D eigenvalue weighted by Crippen LogP contribution is -2.19. The van der Waals surface area contributed by atoms with Gasteiger partial charge in [-0.25, -0.2) is 0 Å². The monoisotopic (exact) mass is 254 g/mol. The zero-order valence-corrected chi connectivity index (χ0v) is 11.3. The van der Waals surface area contributed by atoms with Crippen molar-refractivity contribution in [3.8, 4) is 0 Å². The van der Waals surface area contributed by atoms with Crippen LogP contribution >= 0.6 is 12.2 Å². The molecule has 1 aliphatic rings. The third kappa shape index (κ3) is 2.99. The van der Waals surface area contributed by atoms with E-state index in [0.717, 1.165) is 28.8 Å². The van der Waals surface area contributed by atoms with Crippen LogP contribution in [-0.2, 0) is 13.2 Å². The SMILES string of the molecule is CCC1CCC(Cn2c(CO)c[nH]c2=S)CC1. The first-order valence-electron chi connectivity index (χ1n) is 6.62. The van der Waals surface area contributed by atoms with Gasteiger partial charge in [0.1, 0.15) is 0 Å². The molecule has 1 aromatic heterocycles. The summed E-state index contributed by atoms with van der Waals surface area (Å²) >= 11 is 5.25. The lowest BCUT2D eigenvalue weighted by atomic mass is 9.81. The van der Waals surface area contributed by atoms with E-state index in [0.29, 0.717) is 0 Å². The summed E-state index contributed by atoms with van der Waals surface area (Å²) in [5.74, 6) is 1.66. The number of H-pyrrole nitrogens is 1. The molecule has 0 atom stereocenters. The average Bonchev–Trinajstić information content (AvgIpc) is 2.71. The van der Waals surface area contributed by atoms with Crippen LogP contribution < -0.4 is 0 Å².